The van der Waals surface area contributed by atoms with Crippen LogP contribution in [0.5, 0.6) is 5.75 Å². The molecule has 1 saturated heterocycles. The maximum Gasteiger partial charge on any atom is 0.335 e. The van der Waals surface area contributed by atoms with Gasteiger partial charge in [0.2, 0.25) is 0 Å². The largest absolute Gasteiger partial charge is 0.481 e. The molecule has 140 valence electrons. The van der Waals surface area contributed by atoms with E-state index in [4.69, 9.17) is 11.2 Å². The average Bonchev–Trinajstić information content (AvgIpc) is 2.71. The first kappa shape index (κ1) is 18.9. The van der Waals surface area contributed by atoms with Crippen LogP contribution in [0, 0.1) is 12.3 Å². The minimum Gasteiger partial charge on any atom is -0.481 e. The second kappa shape index (κ2) is 8.23. The van der Waals surface area contributed by atoms with Gasteiger partial charge in [-0.25, -0.2) is 9.69 Å². The molecular formula is C22H18N2O4. The number of barbiturate groups is 1. The first-order chi connectivity index (χ1) is 13.5. The highest BCUT2D eigenvalue weighted by Crippen LogP contribution is 2.23. The molecule has 3 rings (SSSR count). The Hall–Kier alpha value is -3.85. The summed E-state index contributed by atoms with van der Waals surface area (Å²) >= 11 is 0. The standard InChI is InChI=1S/C22H18N2O4/c1-3-13-28-18-11-7-16(8-12-18)14-19-20(25)23-22(27)24(21(19)26)17-9-5-15(4-2)6-10-17/h1,5-12,14H,4,13H2,2H3,(H,23,25,27)/b19-14-. The lowest BCUT2D eigenvalue weighted by Crippen LogP contribution is -2.54. The summed E-state index contributed by atoms with van der Waals surface area (Å²) in [5.74, 6) is 1.54. The SMILES string of the molecule is C#CCOc1ccc(/C=C2/C(=O)NC(=O)N(c3ccc(CC)cc3)C2=O)cc1. The molecule has 2 aromatic rings. The van der Waals surface area contributed by atoms with Gasteiger partial charge in [-0.15, -0.1) is 6.42 Å². The Balaban J connectivity index is 1.88. The Morgan fingerprint density at radius 3 is 2.36 bits per heavy atom. The van der Waals surface area contributed by atoms with Gasteiger partial charge in [0, 0.05) is 0 Å². The van der Waals surface area contributed by atoms with Gasteiger partial charge in [0.15, 0.2) is 0 Å². The van der Waals surface area contributed by atoms with Crippen LogP contribution in [-0.2, 0) is 16.0 Å². The number of nitrogens with one attached hydrogen (secondary N) is 1. The van der Waals surface area contributed by atoms with Crippen LogP contribution in [0.3, 0.4) is 0 Å². The molecule has 1 fully saturated rings. The third-order valence-corrected chi connectivity index (χ3v) is 4.22. The summed E-state index contributed by atoms with van der Waals surface area (Å²) in [5.41, 5.74) is 1.96. The van der Waals surface area contributed by atoms with Gasteiger partial charge in [-0.1, -0.05) is 37.1 Å². The van der Waals surface area contributed by atoms with Crippen LogP contribution < -0.4 is 15.0 Å². The number of imide groups is 2. The Kier molecular flexibility index (Phi) is 5.56. The summed E-state index contributed by atoms with van der Waals surface area (Å²) in [7, 11) is 0. The molecule has 6 heteroatoms. The van der Waals surface area contributed by atoms with Gasteiger partial charge >= 0.3 is 6.03 Å². The van der Waals surface area contributed by atoms with Crippen molar-refractivity contribution in [2.75, 3.05) is 11.5 Å². The number of amides is 4. The number of hydrogen-bond donors (Lipinski definition) is 1. The van der Waals surface area contributed by atoms with Gasteiger partial charge in [-0.2, -0.15) is 0 Å². The number of terminal acetylenes is 1. The summed E-state index contributed by atoms with van der Waals surface area (Å²) in [5, 5.41) is 2.21. The van der Waals surface area contributed by atoms with E-state index in [1.165, 1.54) is 6.08 Å². The molecule has 0 aliphatic carbocycles. The summed E-state index contributed by atoms with van der Waals surface area (Å²) in [6, 6.07) is 13.0. The minimum absolute atomic E-state index is 0.128. The number of ether oxygens (including phenoxy) is 1. The second-order valence-corrected chi connectivity index (χ2v) is 6.04. The van der Waals surface area contributed by atoms with Crippen molar-refractivity contribution in [3.63, 3.8) is 0 Å². The zero-order chi connectivity index (χ0) is 20.1. The van der Waals surface area contributed by atoms with Crippen LogP contribution >= 0.6 is 0 Å². The molecule has 0 saturated carbocycles. The van der Waals surface area contributed by atoms with Crippen molar-refractivity contribution in [3.05, 3.63) is 65.2 Å². The summed E-state index contributed by atoms with van der Waals surface area (Å²) in [6.07, 6.45) is 7.42. The van der Waals surface area contributed by atoms with E-state index in [0.29, 0.717) is 17.0 Å². The smallest absolute Gasteiger partial charge is 0.335 e. The number of aryl methyl sites for hydroxylation is 1. The zero-order valence-corrected chi connectivity index (χ0v) is 15.3. The Bertz CT molecular complexity index is 983. The Labute approximate surface area is 162 Å². The highest BCUT2D eigenvalue weighted by Gasteiger charge is 2.36. The van der Waals surface area contributed by atoms with Crippen LogP contribution in [0.2, 0.25) is 0 Å². The fraction of sp³-hybridized carbons (Fsp3) is 0.136. The molecule has 1 N–H and O–H groups in total. The van der Waals surface area contributed by atoms with E-state index in [0.717, 1.165) is 16.9 Å². The van der Waals surface area contributed by atoms with E-state index in [2.05, 4.69) is 11.2 Å². The van der Waals surface area contributed by atoms with Crippen molar-refractivity contribution >= 4 is 29.6 Å². The maximum absolute atomic E-state index is 12.8. The summed E-state index contributed by atoms with van der Waals surface area (Å²) in [4.78, 5) is 38.2. The molecule has 0 bridgehead atoms. The third-order valence-electron chi connectivity index (χ3n) is 4.22. The highest BCUT2D eigenvalue weighted by molar-refractivity contribution is 6.39. The number of urea groups is 1. The van der Waals surface area contributed by atoms with E-state index in [-0.39, 0.29) is 12.2 Å². The molecule has 1 heterocycles. The van der Waals surface area contributed by atoms with Gasteiger partial charge in [0.1, 0.15) is 17.9 Å². The van der Waals surface area contributed by atoms with Gasteiger partial charge in [-0.3, -0.25) is 14.9 Å². The number of carbonyl (C=O) groups is 3. The lowest BCUT2D eigenvalue weighted by molar-refractivity contribution is -0.122. The molecule has 0 unspecified atom stereocenters. The van der Waals surface area contributed by atoms with Crippen molar-refractivity contribution in [1.82, 2.24) is 5.32 Å². The van der Waals surface area contributed by atoms with Gasteiger partial charge in [0.25, 0.3) is 11.8 Å². The van der Waals surface area contributed by atoms with Crippen molar-refractivity contribution in [2.45, 2.75) is 13.3 Å². The molecule has 0 aromatic heterocycles. The minimum atomic E-state index is -0.769. The molecule has 6 nitrogen and oxygen atoms in total. The number of anilines is 1. The van der Waals surface area contributed by atoms with Gasteiger partial charge < -0.3 is 4.74 Å². The molecule has 4 amide bonds. The molecule has 2 aromatic carbocycles. The van der Waals surface area contributed by atoms with E-state index in [1.807, 2.05) is 19.1 Å². The predicted molar refractivity (Wildman–Crippen MR) is 106 cm³/mol. The van der Waals surface area contributed by atoms with Crippen LogP contribution in [-0.4, -0.2) is 24.5 Å². The molecular weight excluding hydrogens is 356 g/mol. The monoisotopic (exact) mass is 374 g/mol. The predicted octanol–water partition coefficient (Wildman–Crippen LogP) is 2.93. The van der Waals surface area contributed by atoms with Crippen molar-refractivity contribution in [1.29, 1.82) is 0 Å². The van der Waals surface area contributed by atoms with Gasteiger partial charge in [-0.05, 0) is 47.9 Å². The fourth-order valence-electron chi connectivity index (χ4n) is 2.72. The first-order valence-electron chi connectivity index (χ1n) is 8.70. The Morgan fingerprint density at radius 1 is 1.07 bits per heavy atom. The van der Waals surface area contributed by atoms with Crippen molar-refractivity contribution in [3.8, 4) is 18.1 Å². The lowest BCUT2D eigenvalue weighted by Gasteiger charge is -2.26. The van der Waals surface area contributed by atoms with Crippen LogP contribution in [0.25, 0.3) is 6.08 Å². The number of nitrogens with zero attached hydrogens (tertiary/aromatic N) is 1. The topological polar surface area (TPSA) is 75.7 Å². The van der Waals surface area contributed by atoms with Crippen molar-refractivity contribution < 1.29 is 19.1 Å². The fourth-order valence-corrected chi connectivity index (χ4v) is 2.72. The summed E-state index contributed by atoms with van der Waals surface area (Å²) < 4.78 is 5.29. The van der Waals surface area contributed by atoms with E-state index >= 15 is 0 Å². The highest BCUT2D eigenvalue weighted by atomic mass is 16.5. The molecule has 1 aliphatic heterocycles. The second-order valence-electron chi connectivity index (χ2n) is 6.04. The quantitative estimate of drug-likeness (QED) is 0.496. The maximum atomic E-state index is 12.8. The van der Waals surface area contributed by atoms with E-state index < -0.39 is 17.8 Å². The number of hydrogen-bond acceptors (Lipinski definition) is 4. The normalized spacial score (nSPS) is 15.4. The third kappa shape index (κ3) is 3.94. The molecule has 1 aliphatic rings. The number of rotatable bonds is 5. The van der Waals surface area contributed by atoms with E-state index in [9.17, 15) is 14.4 Å². The number of benzene rings is 2. The average molecular weight is 374 g/mol. The molecule has 0 spiro atoms. The molecule has 28 heavy (non-hydrogen) atoms. The van der Waals surface area contributed by atoms with E-state index in [1.54, 1.807) is 36.4 Å². The Morgan fingerprint density at radius 2 is 1.75 bits per heavy atom. The van der Waals surface area contributed by atoms with Crippen LogP contribution in [0.1, 0.15) is 18.1 Å². The summed E-state index contributed by atoms with van der Waals surface area (Å²) in [6.45, 7) is 2.16. The molecule has 0 atom stereocenters. The first-order valence-corrected chi connectivity index (χ1v) is 8.70. The lowest BCUT2D eigenvalue weighted by atomic mass is 10.1. The van der Waals surface area contributed by atoms with Crippen LogP contribution in [0.4, 0.5) is 10.5 Å². The van der Waals surface area contributed by atoms with Gasteiger partial charge in [0.05, 0.1) is 5.69 Å². The van der Waals surface area contributed by atoms with Crippen LogP contribution in [0.15, 0.2) is 54.1 Å². The zero-order valence-electron chi connectivity index (χ0n) is 15.3. The number of carbonyl (C=O) groups excluding carboxylic acids is 3. The van der Waals surface area contributed by atoms with Crippen molar-refractivity contribution in [2.24, 2.45) is 0 Å². The molecule has 0 radical (unpaired) electrons.